The van der Waals surface area contributed by atoms with E-state index in [9.17, 15) is 12.8 Å². The van der Waals surface area contributed by atoms with Gasteiger partial charge in [0.1, 0.15) is 16.7 Å². The van der Waals surface area contributed by atoms with Gasteiger partial charge in [-0.2, -0.15) is 0 Å². The van der Waals surface area contributed by atoms with Crippen LogP contribution in [0.2, 0.25) is 10.0 Å². The summed E-state index contributed by atoms with van der Waals surface area (Å²) in [5.41, 5.74) is 0.758. The summed E-state index contributed by atoms with van der Waals surface area (Å²) in [4.78, 5) is 0.130. The predicted molar refractivity (Wildman–Crippen MR) is 122 cm³/mol. The van der Waals surface area contributed by atoms with Crippen LogP contribution in [0.3, 0.4) is 0 Å². The fraction of sp³-hybridized carbons (Fsp3) is 0.250. The maximum absolute atomic E-state index is 14.3. The van der Waals surface area contributed by atoms with Crippen molar-refractivity contribution in [3.63, 3.8) is 0 Å². The highest BCUT2D eigenvalue weighted by Gasteiger charge is 2.54. The standard InChI is InChI=1S/C24H21Cl2FO4S/c25-18-9-11-19(12-10-18)32(28,29)24(17-5-2-1-3-6-17)13-14-30-16-23(24)31-15-20-21(26)7-4-8-22(20)27/h1-12,23H,13-16H2. The first-order valence-corrected chi connectivity index (χ1v) is 12.3. The fourth-order valence-electron chi connectivity index (χ4n) is 4.08. The zero-order valence-electron chi connectivity index (χ0n) is 17.0. The molecule has 3 aromatic rings. The van der Waals surface area contributed by atoms with Crippen molar-refractivity contribution in [2.24, 2.45) is 0 Å². The highest BCUT2D eigenvalue weighted by molar-refractivity contribution is 7.92. The third kappa shape index (κ3) is 4.18. The number of rotatable bonds is 6. The molecule has 1 aliphatic rings. The van der Waals surface area contributed by atoms with Crippen molar-refractivity contribution in [1.82, 2.24) is 0 Å². The van der Waals surface area contributed by atoms with E-state index < -0.39 is 26.5 Å². The van der Waals surface area contributed by atoms with Gasteiger partial charge in [-0.25, -0.2) is 12.8 Å². The normalized spacial score (nSPS) is 21.4. The molecule has 1 aliphatic heterocycles. The van der Waals surface area contributed by atoms with Crippen molar-refractivity contribution >= 4 is 33.0 Å². The van der Waals surface area contributed by atoms with Crippen LogP contribution in [0, 0.1) is 5.82 Å². The van der Waals surface area contributed by atoms with Crippen LogP contribution in [0.25, 0.3) is 0 Å². The van der Waals surface area contributed by atoms with E-state index in [0.717, 1.165) is 0 Å². The average Bonchev–Trinajstić information content (AvgIpc) is 2.80. The van der Waals surface area contributed by atoms with Crippen LogP contribution in [0.5, 0.6) is 0 Å². The minimum absolute atomic E-state index is 0.0355. The highest BCUT2D eigenvalue weighted by Crippen LogP contribution is 2.45. The lowest BCUT2D eigenvalue weighted by atomic mass is 9.88. The molecule has 168 valence electrons. The van der Waals surface area contributed by atoms with Crippen LogP contribution >= 0.6 is 23.2 Å². The lowest BCUT2D eigenvalue weighted by molar-refractivity contribution is -0.0825. The molecule has 1 heterocycles. The molecule has 0 bridgehead atoms. The summed E-state index contributed by atoms with van der Waals surface area (Å²) >= 11 is 12.1. The smallest absolute Gasteiger partial charge is 0.190 e. The first-order valence-electron chi connectivity index (χ1n) is 10.0. The van der Waals surface area contributed by atoms with E-state index in [4.69, 9.17) is 32.7 Å². The second kappa shape index (κ2) is 9.49. The third-order valence-electron chi connectivity index (χ3n) is 5.76. The number of halogens is 3. The Morgan fingerprint density at radius 1 is 1.00 bits per heavy atom. The van der Waals surface area contributed by atoms with Gasteiger partial charge < -0.3 is 9.47 Å². The zero-order valence-corrected chi connectivity index (χ0v) is 19.3. The van der Waals surface area contributed by atoms with Crippen LogP contribution in [-0.2, 0) is 30.7 Å². The molecule has 1 fully saturated rings. The topological polar surface area (TPSA) is 52.6 Å². The van der Waals surface area contributed by atoms with Gasteiger partial charge in [0, 0.05) is 22.2 Å². The molecule has 0 aromatic heterocycles. The Hall–Kier alpha value is -1.96. The summed E-state index contributed by atoms with van der Waals surface area (Å²) in [6, 6.07) is 19.4. The maximum atomic E-state index is 14.3. The van der Waals surface area contributed by atoms with Gasteiger partial charge in [-0.3, -0.25) is 0 Å². The summed E-state index contributed by atoms with van der Waals surface area (Å²) in [6.45, 7) is 0.0834. The highest BCUT2D eigenvalue weighted by atomic mass is 35.5. The average molecular weight is 495 g/mol. The van der Waals surface area contributed by atoms with Crippen molar-refractivity contribution in [3.8, 4) is 0 Å². The summed E-state index contributed by atoms with van der Waals surface area (Å²) in [6.07, 6.45) is -0.715. The number of hydrogen-bond acceptors (Lipinski definition) is 4. The molecule has 3 aromatic carbocycles. The van der Waals surface area contributed by atoms with E-state index in [-0.39, 0.29) is 41.7 Å². The molecule has 2 unspecified atom stereocenters. The van der Waals surface area contributed by atoms with Crippen LogP contribution in [0.1, 0.15) is 17.5 Å². The second-order valence-electron chi connectivity index (χ2n) is 7.54. The molecule has 8 heteroatoms. The Kier molecular flexibility index (Phi) is 6.89. The Balaban J connectivity index is 1.81. The number of sulfone groups is 1. The van der Waals surface area contributed by atoms with E-state index >= 15 is 0 Å². The molecule has 32 heavy (non-hydrogen) atoms. The van der Waals surface area contributed by atoms with Gasteiger partial charge in [0.15, 0.2) is 9.84 Å². The van der Waals surface area contributed by atoms with Gasteiger partial charge >= 0.3 is 0 Å². The van der Waals surface area contributed by atoms with Gasteiger partial charge in [-0.15, -0.1) is 0 Å². The van der Waals surface area contributed by atoms with Crippen LogP contribution in [-0.4, -0.2) is 27.7 Å². The molecule has 0 saturated carbocycles. The van der Waals surface area contributed by atoms with Crippen LogP contribution in [0.15, 0.2) is 77.7 Å². The molecule has 2 atom stereocenters. The molecule has 0 N–H and O–H groups in total. The Morgan fingerprint density at radius 2 is 1.72 bits per heavy atom. The molecule has 0 amide bonds. The maximum Gasteiger partial charge on any atom is 0.190 e. The molecule has 4 rings (SSSR count). The molecule has 0 radical (unpaired) electrons. The van der Waals surface area contributed by atoms with E-state index in [1.165, 1.54) is 24.3 Å². The van der Waals surface area contributed by atoms with Crippen molar-refractivity contribution in [3.05, 3.63) is 99.8 Å². The summed E-state index contributed by atoms with van der Waals surface area (Å²) in [7, 11) is -3.96. The Labute approximate surface area is 196 Å². The summed E-state index contributed by atoms with van der Waals surface area (Å²) in [5.74, 6) is -0.514. The number of ether oxygens (including phenoxy) is 2. The minimum atomic E-state index is -3.96. The first-order chi connectivity index (χ1) is 15.4. The van der Waals surface area contributed by atoms with Gasteiger partial charge in [0.25, 0.3) is 0 Å². The van der Waals surface area contributed by atoms with E-state index in [1.807, 2.05) is 6.07 Å². The van der Waals surface area contributed by atoms with E-state index in [1.54, 1.807) is 42.5 Å². The van der Waals surface area contributed by atoms with Crippen molar-refractivity contribution < 1.29 is 22.3 Å². The molecular formula is C24H21Cl2FO4S. The van der Waals surface area contributed by atoms with E-state index in [0.29, 0.717) is 10.6 Å². The van der Waals surface area contributed by atoms with Gasteiger partial charge in [-0.1, -0.05) is 59.6 Å². The number of hydrogen-bond donors (Lipinski definition) is 0. The lowest BCUT2D eigenvalue weighted by Crippen LogP contribution is -2.53. The zero-order chi connectivity index (χ0) is 22.8. The van der Waals surface area contributed by atoms with Gasteiger partial charge in [0.05, 0.1) is 18.1 Å². The monoisotopic (exact) mass is 494 g/mol. The fourth-order valence-corrected chi connectivity index (χ4v) is 6.62. The minimum Gasteiger partial charge on any atom is -0.379 e. The SMILES string of the molecule is O=S(=O)(c1ccc(Cl)cc1)C1(c2ccccc2)CCOCC1OCc1c(F)cccc1Cl. The molecular weight excluding hydrogens is 474 g/mol. The second-order valence-corrected chi connectivity index (χ2v) is 10.6. The molecule has 0 spiro atoms. The first kappa shape index (κ1) is 23.2. The molecule has 0 aliphatic carbocycles. The Morgan fingerprint density at radius 3 is 2.41 bits per heavy atom. The van der Waals surface area contributed by atoms with Crippen molar-refractivity contribution in [2.75, 3.05) is 13.2 Å². The van der Waals surface area contributed by atoms with Crippen molar-refractivity contribution in [2.45, 2.75) is 28.8 Å². The lowest BCUT2D eigenvalue weighted by Gasteiger charge is -2.43. The summed E-state index contributed by atoms with van der Waals surface area (Å²) in [5, 5.41) is 0.652. The van der Waals surface area contributed by atoms with Crippen molar-refractivity contribution in [1.29, 1.82) is 0 Å². The summed E-state index contributed by atoms with van der Waals surface area (Å²) < 4.78 is 52.8. The van der Waals surface area contributed by atoms with Gasteiger partial charge in [0.2, 0.25) is 0 Å². The largest absolute Gasteiger partial charge is 0.379 e. The van der Waals surface area contributed by atoms with Gasteiger partial charge in [-0.05, 0) is 48.4 Å². The Bertz CT molecular complexity index is 1170. The number of benzene rings is 3. The molecule has 4 nitrogen and oxygen atoms in total. The van der Waals surface area contributed by atoms with Crippen LogP contribution in [0.4, 0.5) is 4.39 Å². The quantitative estimate of drug-likeness (QED) is 0.433. The van der Waals surface area contributed by atoms with Crippen LogP contribution < -0.4 is 0 Å². The third-order valence-corrected chi connectivity index (χ3v) is 8.92. The van der Waals surface area contributed by atoms with E-state index in [2.05, 4.69) is 0 Å². The predicted octanol–water partition coefficient (Wildman–Crippen LogP) is 5.81. The molecule has 1 saturated heterocycles.